The molecule has 1 aliphatic heterocycles. The van der Waals surface area contributed by atoms with Crippen LogP contribution in [-0.2, 0) is 11.2 Å². The van der Waals surface area contributed by atoms with Crippen molar-refractivity contribution in [2.45, 2.75) is 18.9 Å². The van der Waals surface area contributed by atoms with Gasteiger partial charge >= 0.3 is 0 Å². The normalized spacial score (nSPS) is 16.8. The van der Waals surface area contributed by atoms with Crippen LogP contribution >= 0.6 is 27.5 Å². The Bertz CT molecular complexity index is 752. The predicted molar refractivity (Wildman–Crippen MR) is 105 cm³/mol. The molecule has 0 saturated carbocycles. The van der Waals surface area contributed by atoms with E-state index in [0.717, 1.165) is 41.0 Å². The lowest BCUT2D eigenvalue weighted by Crippen LogP contribution is -2.38. The minimum Gasteiger partial charge on any atom is -0.495 e. The average Bonchev–Trinajstić information content (AvgIpc) is 3.05. The summed E-state index contributed by atoms with van der Waals surface area (Å²) in [6, 6.07) is 13.5. The Morgan fingerprint density at radius 1 is 1.32 bits per heavy atom. The third kappa shape index (κ3) is 4.67. The van der Waals surface area contributed by atoms with Crippen LogP contribution in [0.3, 0.4) is 0 Å². The van der Waals surface area contributed by atoms with Crippen molar-refractivity contribution in [1.29, 1.82) is 0 Å². The van der Waals surface area contributed by atoms with Crippen molar-refractivity contribution in [2.24, 2.45) is 0 Å². The molecule has 0 aromatic heterocycles. The molecule has 0 aliphatic carbocycles. The minimum atomic E-state index is 0.0484. The number of amides is 1. The van der Waals surface area contributed by atoms with E-state index < -0.39 is 0 Å². The van der Waals surface area contributed by atoms with Gasteiger partial charge < -0.3 is 15.0 Å². The lowest BCUT2D eigenvalue weighted by atomic mass is 10.1. The number of ether oxygens (including phenoxy) is 1. The van der Waals surface area contributed by atoms with Crippen molar-refractivity contribution < 1.29 is 9.53 Å². The van der Waals surface area contributed by atoms with E-state index in [1.54, 1.807) is 7.11 Å². The van der Waals surface area contributed by atoms with Crippen LogP contribution in [0.4, 0.5) is 5.69 Å². The Kier molecular flexibility index (Phi) is 5.86. The number of rotatable bonds is 5. The molecule has 0 radical (unpaired) electrons. The highest BCUT2D eigenvalue weighted by atomic mass is 79.9. The predicted octanol–water partition coefficient (Wildman–Crippen LogP) is 4.05. The molecule has 0 bridgehead atoms. The molecule has 1 N–H and O–H groups in total. The monoisotopic (exact) mass is 422 g/mol. The summed E-state index contributed by atoms with van der Waals surface area (Å²) < 4.78 is 6.44. The molecule has 6 heteroatoms. The lowest BCUT2D eigenvalue weighted by Gasteiger charge is -2.21. The molecule has 0 spiro atoms. The molecule has 1 aliphatic rings. The van der Waals surface area contributed by atoms with Crippen molar-refractivity contribution in [3.63, 3.8) is 0 Å². The number of benzene rings is 2. The van der Waals surface area contributed by atoms with Crippen LogP contribution in [0, 0.1) is 0 Å². The zero-order valence-electron chi connectivity index (χ0n) is 14.0. The molecule has 1 heterocycles. The zero-order chi connectivity index (χ0) is 17.8. The highest BCUT2D eigenvalue weighted by Crippen LogP contribution is 2.33. The van der Waals surface area contributed by atoms with Gasteiger partial charge in [-0.3, -0.25) is 4.79 Å². The molecule has 1 saturated heterocycles. The van der Waals surface area contributed by atoms with Crippen molar-refractivity contribution in [1.82, 2.24) is 5.32 Å². The van der Waals surface area contributed by atoms with E-state index in [1.165, 1.54) is 0 Å². The summed E-state index contributed by atoms with van der Waals surface area (Å²) in [5.41, 5.74) is 1.98. The van der Waals surface area contributed by atoms with Crippen LogP contribution in [0.15, 0.2) is 46.9 Å². The van der Waals surface area contributed by atoms with Crippen LogP contribution in [0.1, 0.15) is 12.0 Å². The molecule has 1 fully saturated rings. The second-order valence-corrected chi connectivity index (χ2v) is 7.47. The fraction of sp³-hybridized carbons (Fsp3) is 0.316. The van der Waals surface area contributed by atoms with E-state index in [-0.39, 0.29) is 11.9 Å². The molecule has 1 amide bonds. The summed E-state index contributed by atoms with van der Waals surface area (Å²) in [6.45, 7) is 1.61. The molecule has 25 heavy (non-hydrogen) atoms. The van der Waals surface area contributed by atoms with Gasteiger partial charge in [0.15, 0.2) is 0 Å². The van der Waals surface area contributed by atoms with Crippen LogP contribution < -0.4 is 15.0 Å². The summed E-state index contributed by atoms with van der Waals surface area (Å²) in [4.78, 5) is 14.5. The molecule has 1 atom stereocenters. The van der Waals surface area contributed by atoms with E-state index >= 15 is 0 Å². The second-order valence-electron chi connectivity index (χ2n) is 6.12. The highest BCUT2D eigenvalue weighted by molar-refractivity contribution is 9.10. The number of nitrogens with one attached hydrogen (secondary N) is 1. The standard InChI is InChI=1S/C19H20BrClN2O2/c1-25-18-7-6-15(21)11-17(18)23-9-8-16(12-23)22-19(24)10-13-2-4-14(20)5-3-13/h2-7,11,16H,8-10,12H2,1H3,(H,22,24). The summed E-state index contributed by atoms with van der Waals surface area (Å²) >= 11 is 9.52. The van der Waals surface area contributed by atoms with Gasteiger partial charge in [-0.2, -0.15) is 0 Å². The molecule has 3 rings (SSSR count). The third-order valence-corrected chi connectivity index (χ3v) is 5.08. The molecule has 2 aromatic carbocycles. The number of nitrogens with zero attached hydrogens (tertiary/aromatic N) is 1. The van der Waals surface area contributed by atoms with E-state index in [2.05, 4.69) is 26.1 Å². The number of anilines is 1. The number of hydrogen-bond donors (Lipinski definition) is 1. The number of hydrogen-bond acceptors (Lipinski definition) is 3. The Balaban J connectivity index is 1.58. The second kappa shape index (κ2) is 8.11. The Morgan fingerprint density at radius 3 is 2.80 bits per heavy atom. The Morgan fingerprint density at radius 2 is 2.08 bits per heavy atom. The lowest BCUT2D eigenvalue weighted by molar-refractivity contribution is -0.121. The maximum absolute atomic E-state index is 12.3. The maximum atomic E-state index is 12.3. The molecular formula is C19H20BrClN2O2. The molecule has 1 unspecified atom stereocenters. The zero-order valence-corrected chi connectivity index (χ0v) is 16.3. The largest absolute Gasteiger partial charge is 0.495 e. The fourth-order valence-electron chi connectivity index (χ4n) is 3.07. The molecular weight excluding hydrogens is 404 g/mol. The van der Waals surface area contributed by atoms with Crippen molar-refractivity contribution in [3.05, 3.63) is 57.5 Å². The van der Waals surface area contributed by atoms with Gasteiger partial charge in [0.2, 0.25) is 5.91 Å². The quantitative estimate of drug-likeness (QED) is 0.789. The van der Waals surface area contributed by atoms with E-state index in [1.807, 2.05) is 42.5 Å². The highest BCUT2D eigenvalue weighted by Gasteiger charge is 2.26. The van der Waals surface area contributed by atoms with Crippen LogP contribution in [-0.4, -0.2) is 32.1 Å². The molecule has 132 valence electrons. The summed E-state index contributed by atoms with van der Waals surface area (Å²) in [6.07, 6.45) is 1.30. The fourth-order valence-corrected chi connectivity index (χ4v) is 3.50. The van der Waals surface area contributed by atoms with Gasteiger partial charge in [-0.05, 0) is 42.3 Å². The first-order chi connectivity index (χ1) is 12.0. The van der Waals surface area contributed by atoms with Gasteiger partial charge in [-0.25, -0.2) is 0 Å². The SMILES string of the molecule is COc1ccc(Cl)cc1N1CCC(NC(=O)Cc2ccc(Br)cc2)C1. The van der Waals surface area contributed by atoms with Crippen molar-refractivity contribution in [2.75, 3.05) is 25.1 Å². The van der Waals surface area contributed by atoms with Crippen LogP contribution in [0.25, 0.3) is 0 Å². The van der Waals surface area contributed by atoms with Crippen LogP contribution in [0.5, 0.6) is 5.75 Å². The Hall–Kier alpha value is -1.72. The average molecular weight is 424 g/mol. The van der Waals surface area contributed by atoms with Crippen molar-refractivity contribution in [3.8, 4) is 5.75 Å². The topological polar surface area (TPSA) is 41.6 Å². The van der Waals surface area contributed by atoms with E-state index in [4.69, 9.17) is 16.3 Å². The van der Waals surface area contributed by atoms with E-state index in [0.29, 0.717) is 11.4 Å². The van der Waals surface area contributed by atoms with Crippen LogP contribution in [0.2, 0.25) is 5.02 Å². The van der Waals surface area contributed by atoms with Gasteiger partial charge in [0.05, 0.1) is 19.2 Å². The first kappa shape index (κ1) is 18.1. The van der Waals surface area contributed by atoms with Gasteiger partial charge in [-0.1, -0.05) is 39.7 Å². The molecule has 2 aromatic rings. The minimum absolute atomic E-state index is 0.0484. The summed E-state index contributed by atoms with van der Waals surface area (Å²) in [5.74, 6) is 0.846. The number of halogens is 2. The summed E-state index contributed by atoms with van der Waals surface area (Å²) in [5, 5.41) is 3.81. The number of methoxy groups -OCH3 is 1. The van der Waals surface area contributed by atoms with Gasteiger partial charge in [0.1, 0.15) is 5.75 Å². The molecule has 4 nitrogen and oxygen atoms in total. The Labute approximate surface area is 161 Å². The first-order valence-electron chi connectivity index (χ1n) is 8.17. The first-order valence-corrected chi connectivity index (χ1v) is 9.34. The third-order valence-electron chi connectivity index (χ3n) is 4.31. The van der Waals surface area contributed by atoms with Gasteiger partial charge in [-0.15, -0.1) is 0 Å². The smallest absolute Gasteiger partial charge is 0.224 e. The van der Waals surface area contributed by atoms with Gasteiger partial charge in [0.25, 0.3) is 0 Å². The van der Waals surface area contributed by atoms with Gasteiger partial charge in [0, 0.05) is 28.6 Å². The van der Waals surface area contributed by atoms with Crippen molar-refractivity contribution >= 4 is 39.1 Å². The maximum Gasteiger partial charge on any atom is 0.224 e. The summed E-state index contributed by atoms with van der Waals surface area (Å²) in [7, 11) is 1.65. The van der Waals surface area contributed by atoms with E-state index in [9.17, 15) is 4.79 Å². The number of carbonyl (C=O) groups is 1. The number of carbonyl (C=O) groups excluding carboxylic acids is 1.